The zero-order valence-electron chi connectivity index (χ0n) is 10.8. The molecule has 0 spiro atoms. The fourth-order valence-electron chi connectivity index (χ4n) is 2.76. The zero-order chi connectivity index (χ0) is 13.1. The molecular formula is C12H21N3O3. The summed E-state index contributed by atoms with van der Waals surface area (Å²) in [5, 5.41) is 12.3. The number of nitrogens with one attached hydrogen (secondary N) is 1. The molecule has 6 heteroatoms. The molecule has 2 fully saturated rings. The molecule has 2 aliphatic heterocycles. The first-order valence-corrected chi connectivity index (χ1v) is 6.59. The van der Waals surface area contributed by atoms with E-state index in [-0.39, 0.29) is 11.9 Å². The monoisotopic (exact) mass is 255 g/mol. The number of piperazine rings is 1. The fraction of sp³-hybridized carbons (Fsp3) is 0.833. The molecule has 2 aliphatic rings. The second-order valence-corrected chi connectivity index (χ2v) is 4.99. The van der Waals surface area contributed by atoms with Crippen LogP contribution in [0.3, 0.4) is 0 Å². The third kappa shape index (κ3) is 2.64. The normalized spacial score (nSPS) is 27.2. The number of likely N-dealkylation sites (tertiary alicyclic amines) is 1. The van der Waals surface area contributed by atoms with Crippen LogP contribution >= 0.6 is 0 Å². The zero-order valence-corrected chi connectivity index (χ0v) is 10.8. The number of rotatable bonds is 3. The van der Waals surface area contributed by atoms with Gasteiger partial charge in [-0.1, -0.05) is 0 Å². The number of carbonyl (C=O) groups excluding carboxylic acids is 1. The van der Waals surface area contributed by atoms with Gasteiger partial charge in [-0.15, -0.1) is 0 Å². The van der Waals surface area contributed by atoms with Crippen molar-refractivity contribution < 1.29 is 14.7 Å². The number of carboxylic acids is 1. The Hall–Kier alpha value is -1.14. The maximum absolute atomic E-state index is 12.4. The van der Waals surface area contributed by atoms with E-state index in [1.54, 1.807) is 6.92 Å². The lowest BCUT2D eigenvalue weighted by Crippen LogP contribution is -2.54. The summed E-state index contributed by atoms with van der Waals surface area (Å²) >= 11 is 0. The Kier molecular flexibility index (Phi) is 4.19. The van der Waals surface area contributed by atoms with Crippen molar-refractivity contribution in [2.24, 2.45) is 0 Å². The molecule has 2 N–H and O–H groups in total. The van der Waals surface area contributed by atoms with E-state index >= 15 is 0 Å². The van der Waals surface area contributed by atoms with E-state index in [1.165, 1.54) is 0 Å². The van der Waals surface area contributed by atoms with Crippen molar-refractivity contribution in [3.8, 4) is 0 Å². The van der Waals surface area contributed by atoms with Crippen LogP contribution in [0.15, 0.2) is 0 Å². The van der Waals surface area contributed by atoms with E-state index in [0.717, 1.165) is 39.0 Å². The number of hydrogen-bond donors (Lipinski definition) is 2. The van der Waals surface area contributed by atoms with Gasteiger partial charge in [-0.2, -0.15) is 0 Å². The largest absolute Gasteiger partial charge is 0.480 e. The van der Waals surface area contributed by atoms with E-state index in [4.69, 9.17) is 5.11 Å². The highest BCUT2D eigenvalue weighted by molar-refractivity contribution is 5.83. The van der Waals surface area contributed by atoms with Crippen LogP contribution in [-0.4, -0.2) is 71.6 Å². The third-order valence-electron chi connectivity index (χ3n) is 3.86. The molecule has 2 rings (SSSR count). The predicted molar refractivity (Wildman–Crippen MR) is 66.3 cm³/mol. The summed E-state index contributed by atoms with van der Waals surface area (Å²) in [6, 6.07) is -0.821. The molecule has 1 amide bonds. The summed E-state index contributed by atoms with van der Waals surface area (Å²) < 4.78 is 0. The first-order valence-electron chi connectivity index (χ1n) is 6.59. The van der Waals surface area contributed by atoms with Crippen LogP contribution < -0.4 is 5.32 Å². The van der Waals surface area contributed by atoms with Gasteiger partial charge in [0.1, 0.15) is 6.04 Å². The minimum atomic E-state index is -0.852. The fourth-order valence-corrected chi connectivity index (χ4v) is 2.76. The Bertz CT molecular complexity index is 329. The van der Waals surface area contributed by atoms with Crippen molar-refractivity contribution >= 4 is 11.9 Å². The quantitative estimate of drug-likeness (QED) is 0.701. The summed E-state index contributed by atoms with van der Waals surface area (Å²) in [6.07, 6.45) is 1.68. The molecule has 0 aromatic carbocycles. The molecule has 18 heavy (non-hydrogen) atoms. The lowest BCUT2D eigenvalue weighted by atomic mass is 10.1. The van der Waals surface area contributed by atoms with Crippen LogP contribution in [0.2, 0.25) is 0 Å². The predicted octanol–water partition coefficient (Wildman–Crippen LogP) is -0.644. The Morgan fingerprint density at radius 2 is 1.94 bits per heavy atom. The van der Waals surface area contributed by atoms with Crippen LogP contribution in [0.25, 0.3) is 0 Å². The number of amides is 1. The molecule has 0 aromatic heterocycles. The lowest BCUT2D eigenvalue weighted by Gasteiger charge is -2.34. The van der Waals surface area contributed by atoms with E-state index < -0.39 is 12.0 Å². The molecule has 0 radical (unpaired) electrons. The third-order valence-corrected chi connectivity index (χ3v) is 3.86. The van der Waals surface area contributed by atoms with E-state index in [9.17, 15) is 9.59 Å². The van der Waals surface area contributed by atoms with Crippen LogP contribution in [0.5, 0.6) is 0 Å². The molecule has 0 aromatic rings. The van der Waals surface area contributed by atoms with E-state index in [2.05, 4.69) is 5.32 Å². The molecule has 2 atom stereocenters. The van der Waals surface area contributed by atoms with E-state index in [1.807, 2.05) is 9.80 Å². The molecule has 0 aliphatic carbocycles. The van der Waals surface area contributed by atoms with Crippen LogP contribution in [0.4, 0.5) is 0 Å². The van der Waals surface area contributed by atoms with E-state index in [0.29, 0.717) is 6.54 Å². The minimum absolute atomic E-state index is 0.0992. The molecular weight excluding hydrogens is 234 g/mol. The molecule has 0 saturated carbocycles. The molecule has 102 valence electrons. The van der Waals surface area contributed by atoms with Gasteiger partial charge in [0, 0.05) is 26.2 Å². The first kappa shape index (κ1) is 13.3. The van der Waals surface area contributed by atoms with Gasteiger partial charge in [-0.05, 0) is 26.3 Å². The highest BCUT2D eigenvalue weighted by atomic mass is 16.4. The molecule has 0 bridgehead atoms. The Morgan fingerprint density at radius 1 is 1.28 bits per heavy atom. The number of carbonyl (C=O) groups is 2. The highest BCUT2D eigenvalue weighted by Crippen LogP contribution is 2.22. The SMILES string of the molecule is CC(C(=O)O)N1CCCC1C(=O)N1CCNCC1. The van der Waals surface area contributed by atoms with Gasteiger partial charge in [0.05, 0.1) is 6.04 Å². The van der Waals surface area contributed by atoms with Crippen molar-refractivity contribution in [3.05, 3.63) is 0 Å². The second kappa shape index (κ2) is 5.67. The second-order valence-electron chi connectivity index (χ2n) is 4.99. The average Bonchev–Trinajstić information content (AvgIpc) is 2.87. The topological polar surface area (TPSA) is 72.9 Å². The Morgan fingerprint density at radius 3 is 2.56 bits per heavy atom. The maximum atomic E-state index is 12.4. The average molecular weight is 255 g/mol. The summed E-state index contributed by atoms with van der Waals surface area (Å²) in [5.74, 6) is -0.753. The van der Waals surface area contributed by atoms with Crippen LogP contribution in [-0.2, 0) is 9.59 Å². The van der Waals surface area contributed by atoms with Crippen molar-refractivity contribution in [2.75, 3.05) is 32.7 Å². The number of hydrogen-bond acceptors (Lipinski definition) is 4. The van der Waals surface area contributed by atoms with Gasteiger partial charge < -0.3 is 15.3 Å². The summed E-state index contributed by atoms with van der Waals surface area (Å²) in [6.45, 7) is 5.47. The summed E-state index contributed by atoms with van der Waals surface area (Å²) in [5.41, 5.74) is 0. The van der Waals surface area contributed by atoms with Crippen molar-refractivity contribution in [3.63, 3.8) is 0 Å². The van der Waals surface area contributed by atoms with Gasteiger partial charge in [-0.3, -0.25) is 14.5 Å². The molecule has 2 heterocycles. The first-order chi connectivity index (χ1) is 8.61. The molecule has 6 nitrogen and oxygen atoms in total. The molecule has 2 unspecified atom stereocenters. The number of aliphatic carboxylic acids is 1. The lowest BCUT2D eigenvalue weighted by molar-refractivity contribution is -0.146. The minimum Gasteiger partial charge on any atom is -0.480 e. The Balaban J connectivity index is 2.01. The maximum Gasteiger partial charge on any atom is 0.320 e. The van der Waals surface area contributed by atoms with Gasteiger partial charge in [0.2, 0.25) is 5.91 Å². The van der Waals surface area contributed by atoms with Gasteiger partial charge >= 0.3 is 5.97 Å². The summed E-state index contributed by atoms with van der Waals surface area (Å²) in [7, 11) is 0. The van der Waals surface area contributed by atoms with Gasteiger partial charge in [-0.25, -0.2) is 0 Å². The van der Waals surface area contributed by atoms with Crippen molar-refractivity contribution in [1.29, 1.82) is 0 Å². The smallest absolute Gasteiger partial charge is 0.320 e. The van der Waals surface area contributed by atoms with Gasteiger partial charge in [0.25, 0.3) is 0 Å². The Labute approximate surface area is 107 Å². The van der Waals surface area contributed by atoms with Crippen LogP contribution in [0, 0.1) is 0 Å². The van der Waals surface area contributed by atoms with Gasteiger partial charge in [0.15, 0.2) is 0 Å². The number of nitrogens with zero attached hydrogens (tertiary/aromatic N) is 2. The summed E-state index contributed by atoms with van der Waals surface area (Å²) in [4.78, 5) is 27.1. The van der Waals surface area contributed by atoms with Crippen LogP contribution in [0.1, 0.15) is 19.8 Å². The van der Waals surface area contributed by atoms with Crippen molar-refractivity contribution in [1.82, 2.24) is 15.1 Å². The van der Waals surface area contributed by atoms with Crippen molar-refractivity contribution in [2.45, 2.75) is 31.8 Å². The standard InChI is InChI=1S/C12H21N3O3/c1-9(12(17)18)15-6-2-3-10(15)11(16)14-7-4-13-5-8-14/h9-10,13H,2-8H2,1H3,(H,17,18). The highest BCUT2D eigenvalue weighted by Gasteiger charge is 2.38. The number of carboxylic acid groups (broad SMARTS) is 1. The molecule has 2 saturated heterocycles.